The Morgan fingerprint density at radius 3 is 2.73 bits per heavy atom. The van der Waals surface area contributed by atoms with Crippen LogP contribution in [0, 0.1) is 0 Å². The molecule has 0 unspecified atom stereocenters. The van der Waals surface area contributed by atoms with Gasteiger partial charge in [-0.1, -0.05) is 18.2 Å². The average Bonchev–Trinajstić information content (AvgIpc) is 3.51. The maximum Gasteiger partial charge on any atom is 0.255 e. The first-order valence-corrected chi connectivity index (χ1v) is 11.6. The van der Waals surface area contributed by atoms with E-state index in [4.69, 9.17) is 4.74 Å². The highest BCUT2D eigenvalue weighted by atomic mass is 32.1. The number of pyridine rings is 1. The molecule has 1 aliphatic heterocycles. The second-order valence-corrected chi connectivity index (χ2v) is 9.05. The normalized spacial score (nSPS) is 14.1. The number of carbonyl (C=O) groups is 1. The number of aromatic amines is 1. The van der Waals surface area contributed by atoms with Crippen LogP contribution in [0.25, 0.3) is 31.4 Å². The van der Waals surface area contributed by atoms with E-state index in [1.165, 1.54) is 10.1 Å². The van der Waals surface area contributed by atoms with Gasteiger partial charge in [0, 0.05) is 39.2 Å². The van der Waals surface area contributed by atoms with Crippen LogP contribution in [0.2, 0.25) is 0 Å². The van der Waals surface area contributed by atoms with E-state index < -0.39 is 0 Å². The molecule has 0 spiro atoms. The maximum atomic E-state index is 13.1. The number of ether oxygens (including phenoxy) is 1. The van der Waals surface area contributed by atoms with Crippen LogP contribution in [0.1, 0.15) is 10.4 Å². The van der Waals surface area contributed by atoms with Crippen LogP contribution in [0.4, 0.5) is 11.5 Å². The second kappa shape index (κ2) is 8.31. The number of hydrogen-bond acceptors (Lipinski definition) is 6. The van der Waals surface area contributed by atoms with Crippen molar-refractivity contribution in [3.63, 3.8) is 0 Å². The molecule has 7 nitrogen and oxygen atoms in total. The summed E-state index contributed by atoms with van der Waals surface area (Å²) in [5.41, 5.74) is 3.13. The SMILES string of the molecule is O=C(Nc1ccc(N2CCOCC2)nc1)c1cc(-c2cc3ccccc3s2)c2[nH]ncc2c1. The lowest BCUT2D eigenvalue weighted by Gasteiger charge is -2.27. The van der Waals surface area contributed by atoms with Crippen molar-refractivity contribution in [2.75, 3.05) is 36.5 Å². The first-order chi connectivity index (χ1) is 16.2. The van der Waals surface area contributed by atoms with Gasteiger partial charge in [0.15, 0.2) is 0 Å². The zero-order chi connectivity index (χ0) is 22.2. The van der Waals surface area contributed by atoms with Crippen LogP contribution >= 0.6 is 11.3 Å². The Bertz CT molecular complexity index is 1420. The van der Waals surface area contributed by atoms with Gasteiger partial charge in [0.2, 0.25) is 0 Å². The van der Waals surface area contributed by atoms with Gasteiger partial charge >= 0.3 is 0 Å². The monoisotopic (exact) mass is 455 g/mol. The van der Waals surface area contributed by atoms with Crippen molar-refractivity contribution in [2.45, 2.75) is 0 Å². The van der Waals surface area contributed by atoms with Gasteiger partial charge in [-0.05, 0) is 41.8 Å². The molecule has 164 valence electrons. The molecular weight excluding hydrogens is 434 g/mol. The van der Waals surface area contributed by atoms with Gasteiger partial charge < -0.3 is 15.0 Å². The lowest BCUT2D eigenvalue weighted by Crippen LogP contribution is -2.36. The highest BCUT2D eigenvalue weighted by molar-refractivity contribution is 7.22. The van der Waals surface area contributed by atoms with Crippen LogP contribution in [0.5, 0.6) is 0 Å². The van der Waals surface area contributed by atoms with E-state index in [0.29, 0.717) is 24.5 Å². The predicted octanol–water partition coefficient (Wildman–Crippen LogP) is 4.93. The molecule has 33 heavy (non-hydrogen) atoms. The molecule has 0 radical (unpaired) electrons. The Hall–Kier alpha value is -3.75. The van der Waals surface area contributed by atoms with E-state index in [2.05, 4.69) is 43.6 Å². The number of thiophene rings is 1. The lowest BCUT2D eigenvalue weighted by molar-refractivity contribution is 0.102. The number of fused-ring (bicyclic) bond motifs is 2. The fourth-order valence-corrected chi connectivity index (χ4v) is 5.23. The molecule has 6 rings (SSSR count). The number of morpholine rings is 1. The summed E-state index contributed by atoms with van der Waals surface area (Å²) in [5, 5.41) is 12.4. The van der Waals surface area contributed by atoms with Gasteiger partial charge in [-0.3, -0.25) is 9.89 Å². The Kier molecular flexibility index (Phi) is 5.01. The average molecular weight is 456 g/mol. The molecule has 0 atom stereocenters. The van der Waals surface area contributed by atoms with Crippen molar-refractivity contribution in [1.82, 2.24) is 15.2 Å². The molecule has 0 bridgehead atoms. The van der Waals surface area contributed by atoms with Crippen molar-refractivity contribution in [3.8, 4) is 10.4 Å². The van der Waals surface area contributed by atoms with E-state index in [-0.39, 0.29) is 5.91 Å². The van der Waals surface area contributed by atoms with Crippen LogP contribution < -0.4 is 10.2 Å². The fraction of sp³-hybridized carbons (Fsp3) is 0.160. The van der Waals surface area contributed by atoms with E-state index in [1.54, 1.807) is 23.7 Å². The maximum absolute atomic E-state index is 13.1. The van der Waals surface area contributed by atoms with Crippen LogP contribution in [-0.4, -0.2) is 47.4 Å². The number of hydrogen-bond donors (Lipinski definition) is 2. The van der Waals surface area contributed by atoms with Gasteiger partial charge in [-0.2, -0.15) is 5.10 Å². The molecule has 1 fully saturated rings. The number of H-pyrrole nitrogens is 1. The highest BCUT2D eigenvalue weighted by Crippen LogP contribution is 2.37. The molecule has 0 saturated carbocycles. The van der Waals surface area contributed by atoms with Crippen molar-refractivity contribution in [3.05, 3.63) is 72.6 Å². The van der Waals surface area contributed by atoms with Gasteiger partial charge in [-0.25, -0.2) is 4.98 Å². The second-order valence-electron chi connectivity index (χ2n) is 7.97. The highest BCUT2D eigenvalue weighted by Gasteiger charge is 2.16. The number of nitrogens with one attached hydrogen (secondary N) is 2. The summed E-state index contributed by atoms with van der Waals surface area (Å²) < 4.78 is 6.61. The fourth-order valence-electron chi connectivity index (χ4n) is 4.14. The molecule has 2 aromatic carbocycles. The van der Waals surface area contributed by atoms with Crippen molar-refractivity contribution >= 4 is 49.7 Å². The van der Waals surface area contributed by atoms with Gasteiger partial charge in [-0.15, -0.1) is 11.3 Å². The summed E-state index contributed by atoms with van der Waals surface area (Å²) in [6.07, 6.45) is 3.45. The predicted molar refractivity (Wildman–Crippen MR) is 132 cm³/mol. The number of rotatable bonds is 4. The Morgan fingerprint density at radius 1 is 1.03 bits per heavy atom. The summed E-state index contributed by atoms with van der Waals surface area (Å²) in [6, 6.07) is 18.1. The number of anilines is 2. The number of aromatic nitrogens is 3. The first-order valence-electron chi connectivity index (χ1n) is 10.8. The molecular formula is C25H21N5O2S. The minimum atomic E-state index is -0.179. The minimum absolute atomic E-state index is 0.179. The molecule has 8 heteroatoms. The van der Waals surface area contributed by atoms with Gasteiger partial charge in [0.25, 0.3) is 5.91 Å². The van der Waals surface area contributed by atoms with Crippen LogP contribution in [-0.2, 0) is 4.74 Å². The first kappa shape index (κ1) is 19.9. The molecule has 1 amide bonds. The number of benzene rings is 2. The van der Waals surface area contributed by atoms with E-state index in [0.717, 1.165) is 40.3 Å². The molecule has 0 aliphatic carbocycles. The summed E-state index contributed by atoms with van der Waals surface area (Å²) in [5.74, 6) is 0.713. The third kappa shape index (κ3) is 3.83. The Balaban J connectivity index is 1.29. The van der Waals surface area contributed by atoms with Gasteiger partial charge in [0.1, 0.15) is 5.82 Å². The molecule has 4 heterocycles. The molecule has 2 N–H and O–H groups in total. The number of amides is 1. The summed E-state index contributed by atoms with van der Waals surface area (Å²) in [6.45, 7) is 3.06. The molecule has 3 aromatic heterocycles. The zero-order valence-corrected chi connectivity index (χ0v) is 18.6. The van der Waals surface area contributed by atoms with Crippen molar-refractivity contribution < 1.29 is 9.53 Å². The quantitative estimate of drug-likeness (QED) is 0.402. The lowest BCUT2D eigenvalue weighted by atomic mass is 10.0. The molecule has 1 aliphatic rings. The number of nitrogens with zero attached hydrogens (tertiary/aromatic N) is 3. The zero-order valence-electron chi connectivity index (χ0n) is 17.7. The summed E-state index contributed by atoms with van der Waals surface area (Å²) >= 11 is 1.71. The minimum Gasteiger partial charge on any atom is -0.378 e. The molecule has 5 aromatic rings. The van der Waals surface area contributed by atoms with E-state index >= 15 is 0 Å². The third-order valence-corrected chi connectivity index (χ3v) is 6.99. The van der Waals surface area contributed by atoms with E-state index in [9.17, 15) is 4.79 Å². The smallest absolute Gasteiger partial charge is 0.255 e. The summed E-state index contributed by atoms with van der Waals surface area (Å²) in [7, 11) is 0. The Morgan fingerprint density at radius 2 is 1.91 bits per heavy atom. The van der Waals surface area contributed by atoms with Crippen LogP contribution in [0.3, 0.4) is 0 Å². The topological polar surface area (TPSA) is 83.1 Å². The van der Waals surface area contributed by atoms with Crippen LogP contribution in [0.15, 0.2) is 67.0 Å². The summed E-state index contributed by atoms with van der Waals surface area (Å²) in [4.78, 5) is 20.9. The third-order valence-electron chi connectivity index (χ3n) is 5.84. The van der Waals surface area contributed by atoms with Gasteiger partial charge in [0.05, 0.1) is 36.8 Å². The van der Waals surface area contributed by atoms with E-state index in [1.807, 2.05) is 36.4 Å². The van der Waals surface area contributed by atoms with Crippen molar-refractivity contribution in [2.24, 2.45) is 0 Å². The van der Waals surface area contributed by atoms with Crippen molar-refractivity contribution in [1.29, 1.82) is 0 Å². The standard InChI is InChI=1S/C25H21N5O2S/c31-25(28-19-5-6-23(26-15-19)30-7-9-32-10-8-30)17-11-18-14-27-29-24(18)20(12-17)22-13-16-3-1-2-4-21(16)33-22/h1-6,11-15H,7-10H2,(H,27,29)(H,28,31). The largest absolute Gasteiger partial charge is 0.378 e. The molecule has 1 saturated heterocycles. The Labute approximate surface area is 194 Å². The number of carbonyl (C=O) groups excluding carboxylic acids is 1.